The molecule has 2 aliphatic rings. The quantitative estimate of drug-likeness (QED) is 0.227. The predicted octanol–water partition coefficient (Wildman–Crippen LogP) is 5.84. The lowest BCUT2D eigenvalue weighted by Crippen LogP contribution is -2.28. The van der Waals surface area contributed by atoms with Crippen LogP contribution in [0.5, 0.6) is 5.75 Å². The molecule has 0 spiro atoms. The molecule has 1 heterocycles. The highest BCUT2D eigenvalue weighted by molar-refractivity contribution is 5.86. The van der Waals surface area contributed by atoms with Gasteiger partial charge in [0.25, 0.3) is 0 Å². The number of hydrogen-bond acceptors (Lipinski definition) is 3. The number of ether oxygens (including phenoxy) is 3. The van der Waals surface area contributed by atoms with E-state index in [-0.39, 0.29) is 11.5 Å². The lowest BCUT2D eigenvalue weighted by Gasteiger charge is -2.33. The molecule has 6 rings (SSSR count). The summed E-state index contributed by atoms with van der Waals surface area (Å²) in [6.45, 7) is 2.57. The third-order valence-electron chi connectivity index (χ3n) is 6.65. The van der Waals surface area contributed by atoms with E-state index < -0.39 is 0 Å². The van der Waals surface area contributed by atoms with E-state index in [1.54, 1.807) is 0 Å². The summed E-state index contributed by atoms with van der Waals surface area (Å²) in [6, 6.07) is 37.0. The van der Waals surface area contributed by atoms with Crippen LogP contribution in [0.15, 0.2) is 103 Å². The molecule has 4 aromatic carbocycles. The van der Waals surface area contributed by atoms with Crippen molar-refractivity contribution in [3.63, 3.8) is 0 Å². The van der Waals surface area contributed by atoms with E-state index in [1.165, 1.54) is 33.4 Å². The highest BCUT2D eigenvalue weighted by Crippen LogP contribution is 2.55. The molecule has 0 saturated carbocycles. The second-order valence-corrected chi connectivity index (χ2v) is 8.61. The fourth-order valence-electron chi connectivity index (χ4n) is 5.11. The van der Waals surface area contributed by atoms with Crippen LogP contribution in [0.25, 0.3) is 11.1 Å². The number of epoxide rings is 1. The Morgan fingerprint density at radius 3 is 1.88 bits per heavy atom. The molecule has 0 radical (unpaired) electrons. The minimum Gasteiger partial charge on any atom is -0.491 e. The molecular formula is C30H26O3. The van der Waals surface area contributed by atoms with Crippen molar-refractivity contribution in [2.45, 2.75) is 11.5 Å². The molecule has 0 bridgehead atoms. The molecule has 4 aromatic rings. The Morgan fingerprint density at radius 2 is 1.24 bits per heavy atom. The van der Waals surface area contributed by atoms with Gasteiger partial charge in [-0.05, 0) is 45.5 Å². The maximum absolute atomic E-state index is 5.94. The van der Waals surface area contributed by atoms with Crippen LogP contribution < -0.4 is 4.74 Å². The average molecular weight is 435 g/mol. The smallest absolute Gasteiger partial charge is 0.119 e. The minimum atomic E-state index is -0.361. The van der Waals surface area contributed by atoms with E-state index in [0.29, 0.717) is 19.8 Å². The van der Waals surface area contributed by atoms with Crippen LogP contribution >= 0.6 is 0 Å². The lowest BCUT2D eigenvalue weighted by molar-refractivity contribution is 0.0878. The first-order valence-electron chi connectivity index (χ1n) is 11.5. The van der Waals surface area contributed by atoms with Crippen molar-refractivity contribution in [1.82, 2.24) is 0 Å². The Labute approximate surface area is 194 Å². The summed E-state index contributed by atoms with van der Waals surface area (Å²) < 4.78 is 16.7. The largest absolute Gasteiger partial charge is 0.491 e. The van der Waals surface area contributed by atoms with Crippen LogP contribution in [0.3, 0.4) is 0 Å². The van der Waals surface area contributed by atoms with Gasteiger partial charge in [0.15, 0.2) is 0 Å². The number of fused-ring (bicyclic) bond motifs is 3. The van der Waals surface area contributed by atoms with Crippen LogP contribution in [-0.2, 0) is 14.9 Å². The molecule has 1 aliphatic carbocycles. The van der Waals surface area contributed by atoms with E-state index in [4.69, 9.17) is 14.2 Å². The van der Waals surface area contributed by atoms with Crippen molar-refractivity contribution >= 4 is 0 Å². The molecule has 0 aromatic heterocycles. The monoisotopic (exact) mass is 434 g/mol. The molecular weight excluding hydrogens is 408 g/mol. The molecule has 33 heavy (non-hydrogen) atoms. The zero-order valence-corrected chi connectivity index (χ0v) is 18.4. The SMILES string of the molecule is c1ccc(C2(c3ccc(OCCOCC4CO4)cc3)c3ccccc3-c3ccccc32)cc1. The molecule has 0 N–H and O–H groups in total. The average Bonchev–Trinajstić information content (AvgIpc) is 3.66. The van der Waals surface area contributed by atoms with E-state index in [2.05, 4.69) is 103 Å². The van der Waals surface area contributed by atoms with Crippen LogP contribution in [-0.4, -0.2) is 32.5 Å². The van der Waals surface area contributed by atoms with Gasteiger partial charge < -0.3 is 14.2 Å². The summed E-state index contributed by atoms with van der Waals surface area (Å²) in [7, 11) is 0. The van der Waals surface area contributed by atoms with Crippen molar-refractivity contribution in [1.29, 1.82) is 0 Å². The molecule has 3 heteroatoms. The first-order valence-corrected chi connectivity index (χ1v) is 11.5. The summed E-state index contributed by atoms with van der Waals surface area (Å²) in [5.74, 6) is 0.854. The number of rotatable bonds is 8. The predicted molar refractivity (Wildman–Crippen MR) is 130 cm³/mol. The maximum Gasteiger partial charge on any atom is 0.119 e. The van der Waals surface area contributed by atoms with E-state index in [1.807, 2.05) is 0 Å². The van der Waals surface area contributed by atoms with Gasteiger partial charge in [0.05, 0.1) is 25.2 Å². The number of hydrogen-bond donors (Lipinski definition) is 0. The fourth-order valence-corrected chi connectivity index (χ4v) is 5.11. The standard InChI is InChI=1S/C30H26O3/c1-2-8-22(9-3-1)30(28-12-6-4-10-26(28)27-11-5-7-13-29(27)30)23-14-16-24(17-15-23)32-19-18-31-20-25-21-33-25/h1-17,25H,18-21H2. The van der Waals surface area contributed by atoms with Gasteiger partial charge in [-0.2, -0.15) is 0 Å². The molecule has 1 fully saturated rings. The normalized spacial score (nSPS) is 17.3. The van der Waals surface area contributed by atoms with Crippen LogP contribution in [0.2, 0.25) is 0 Å². The second-order valence-electron chi connectivity index (χ2n) is 8.61. The second kappa shape index (κ2) is 8.51. The molecule has 1 unspecified atom stereocenters. The third kappa shape index (κ3) is 3.54. The van der Waals surface area contributed by atoms with Gasteiger partial charge >= 0.3 is 0 Å². The van der Waals surface area contributed by atoms with Gasteiger partial charge in [-0.25, -0.2) is 0 Å². The van der Waals surface area contributed by atoms with Crippen molar-refractivity contribution < 1.29 is 14.2 Å². The Kier molecular flexibility index (Phi) is 5.21. The van der Waals surface area contributed by atoms with Gasteiger partial charge in [0.1, 0.15) is 18.5 Å². The van der Waals surface area contributed by atoms with E-state index in [0.717, 1.165) is 12.4 Å². The van der Waals surface area contributed by atoms with Crippen molar-refractivity contribution in [3.05, 3.63) is 125 Å². The van der Waals surface area contributed by atoms with E-state index >= 15 is 0 Å². The van der Waals surface area contributed by atoms with Crippen LogP contribution in [0.1, 0.15) is 22.3 Å². The molecule has 164 valence electrons. The molecule has 1 saturated heterocycles. The first kappa shape index (κ1) is 20.2. The molecule has 3 nitrogen and oxygen atoms in total. The topological polar surface area (TPSA) is 31.0 Å². The number of benzene rings is 4. The Bertz CT molecular complexity index is 1200. The summed E-state index contributed by atoms with van der Waals surface area (Å²) >= 11 is 0. The van der Waals surface area contributed by atoms with Crippen molar-refractivity contribution in [2.75, 3.05) is 26.4 Å². The zero-order valence-electron chi connectivity index (χ0n) is 18.4. The van der Waals surface area contributed by atoms with Crippen LogP contribution in [0, 0.1) is 0 Å². The molecule has 1 atom stereocenters. The highest BCUT2D eigenvalue weighted by atomic mass is 16.6. The Morgan fingerprint density at radius 1 is 0.667 bits per heavy atom. The maximum atomic E-state index is 5.94. The van der Waals surface area contributed by atoms with Crippen molar-refractivity contribution in [3.8, 4) is 16.9 Å². The fraction of sp³-hybridized carbons (Fsp3) is 0.200. The van der Waals surface area contributed by atoms with E-state index in [9.17, 15) is 0 Å². The third-order valence-corrected chi connectivity index (χ3v) is 6.65. The summed E-state index contributed by atoms with van der Waals surface area (Å²) in [5.41, 5.74) is 7.39. The first-order chi connectivity index (χ1) is 16.4. The van der Waals surface area contributed by atoms with Crippen molar-refractivity contribution in [2.24, 2.45) is 0 Å². The van der Waals surface area contributed by atoms with Gasteiger partial charge in [-0.15, -0.1) is 0 Å². The summed E-state index contributed by atoms with van der Waals surface area (Å²) in [6.07, 6.45) is 0.288. The van der Waals surface area contributed by atoms with Gasteiger partial charge in [0.2, 0.25) is 0 Å². The minimum absolute atomic E-state index is 0.288. The zero-order chi connectivity index (χ0) is 22.1. The van der Waals surface area contributed by atoms with Gasteiger partial charge in [-0.3, -0.25) is 0 Å². The Hall–Kier alpha value is -3.40. The summed E-state index contributed by atoms with van der Waals surface area (Å²) in [5, 5.41) is 0. The van der Waals surface area contributed by atoms with Gasteiger partial charge in [0, 0.05) is 0 Å². The summed E-state index contributed by atoms with van der Waals surface area (Å²) in [4.78, 5) is 0. The highest BCUT2D eigenvalue weighted by Gasteiger charge is 2.45. The van der Waals surface area contributed by atoms with Gasteiger partial charge in [-0.1, -0.05) is 91.0 Å². The van der Waals surface area contributed by atoms with Crippen LogP contribution in [0.4, 0.5) is 0 Å². The Balaban J connectivity index is 1.38. The molecule has 1 aliphatic heterocycles. The lowest BCUT2D eigenvalue weighted by atomic mass is 9.68. The molecule has 0 amide bonds.